The Morgan fingerprint density at radius 3 is 2.18 bits per heavy atom. The van der Waals surface area contributed by atoms with E-state index in [1.165, 1.54) is 16.8 Å². The molecule has 1 saturated heterocycles. The fraction of sp³-hybridized carbons (Fsp3) is 0.633. The first-order chi connectivity index (χ1) is 20.2. The van der Waals surface area contributed by atoms with Gasteiger partial charge in [0.25, 0.3) is 5.91 Å². The molecular weight excluding hydrogens is 601 g/mol. The summed E-state index contributed by atoms with van der Waals surface area (Å²) in [6.07, 6.45) is -1.63. The maximum Gasteiger partial charge on any atom is 0.351 e. The first-order valence-corrected chi connectivity index (χ1v) is 20.7. The zero-order valence-corrected chi connectivity index (χ0v) is 29.6. The number of benzene rings is 1. The highest BCUT2D eigenvalue weighted by Gasteiger charge is 2.52. The molecule has 0 bridgehead atoms. The van der Waals surface area contributed by atoms with E-state index >= 15 is 0 Å². The van der Waals surface area contributed by atoms with Gasteiger partial charge in [0.15, 0.2) is 22.9 Å². The van der Waals surface area contributed by atoms with Crippen LogP contribution in [0.1, 0.15) is 58.1 Å². The van der Waals surface area contributed by atoms with E-state index < -0.39 is 57.7 Å². The number of anilines is 1. The van der Waals surface area contributed by atoms with Crippen molar-refractivity contribution in [2.75, 3.05) is 25.1 Å². The molecule has 4 atom stereocenters. The number of hydrogen-bond acceptors (Lipinski definition) is 9. The number of nitrogens with zero attached hydrogens (tertiary/aromatic N) is 3. The zero-order chi connectivity index (χ0) is 33.1. The average Bonchev–Trinajstić information content (AvgIpc) is 3.22. The molecule has 0 unspecified atom stereocenters. The van der Waals surface area contributed by atoms with Gasteiger partial charge in [-0.2, -0.15) is 4.98 Å². The maximum atomic E-state index is 13.4. The summed E-state index contributed by atoms with van der Waals surface area (Å²) >= 11 is 0. The van der Waals surface area contributed by atoms with Gasteiger partial charge in [-0.15, -0.1) is 0 Å². The number of carbonyl (C=O) groups excluding carboxylic acids is 1. The van der Waals surface area contributed by atoms with Crippen LogP contribution >= 0.6 is 0 Å². The third-order valence-corrected chi connectivity index (χ3v) is 17.9. The van der Waals surface area contributed by atoms with E-state index in [0.717, 1.165) is 0 Å². The minimum absolute atomic E-state index is 0.0646. The predicted octanol–water partition coefficient (Wildman–Crippen LogP) is 5.47. The van der Waals surface area contributed by atoms with Crippen LogP contribution in [-0.4, -0.2) is 75.1 Å². The lowest BCUT2D eigenvalue weighted by molar-refractivity contribution is -0.484. The molecule has 1 fully saturated rings. The van der Waals surface area contributed by atoms with Crippen molar-refractivity contribution in [3.63, 3.8) is 0 Å². The number of amides is 1. The highest BCUT2D eigenvalue weighted by molar-refractivity contribution is 6.74. The molecule has 0 spiro atoms. The van der Waals surface area contributed by atoms with Gasteiger partial charge in [0.1, 0.15) is 30.7 Å². The third-order valence-electron chi connectivity index (χ3n) is 8.90. The molecule has 244 valence electrons. The normalized spacial score (nSPS) is 21.3. The van der Waals surface area contributed by atoms with Crippen LogP contribution in [0, 0.1) is 10.1 Å². The number of aromatic nitrogens is 2. The van der Waals surface area contributed by atoms with Gasteiger partial charge in [0.2, 0.25) is 6.54 Å². The number of rotatable bonds is 12. The van der Waals surface area contributed by atoms with Crippen LogP contribution < -0.4 is 11.0 Å². The Kier molecular flexibility index (Phi) is 11.1. The Balaban J connectivity index is 1.99. The zero-order valence-electron chi connectivity index (χ0n) is 27.6. The van der Waals surface area contributed by atoms with Gasteiger partial charge >= 0.3 is 5.69 Å². The minimum Gasteiger partial charge on any atom is -0.414 e. The van der Waals surface area contributed by atoms with Crippen molar-refractivity contribution >= 4 is 28.4 Å². The van der Waals surface area contributed by atoms with Crippen LogP contribution in [0.15, 0.2) is 47.4 Å². The topological polar surface area (TPSA) is 144 Å². The molecule has 3 rings (SSSR count). The average molecular weight is 649 g/mol. The highest BCUT2D eigenvalue weighted by Crippen LogP contribution is 2.43. The van der Waals surface area contributed by atoms with Crippen molar-refractivity contribution in [1.82, 2.24) is 9.55 Å². The van der Waals surface area contributed by atoms with Crippen molar-refractivity contribution < 1.29 is 28.0 Å². The monoisotopic (exact) mass is 648 g/mol. The van der Waals surface area contributed by atoms with Gasteiger partial charge in [-0.25, -0.2) is 4.79 Å². The standard InChI is InChI=1S/C30H48N4O8Si2/c1-29(2,3)43(7,8)40-20-22-24(39-19-18-34(37)38)25(42-44(9,10)30(4,5)6)27(41-22)33-17-16-23(32-28(33)36)31-26(35)21-14-12-11-13-15-21/h11-17,22,24-25,27H,18-20H2,1-10H3,(H,31,32,35,36)/t22-,24-,25-,27-/m1/s1. The lowest BCUT2D eigenvalue weighted by Crippen LogP contribution is -2.51. The van der Waals surface area contributed by atoms with E-state index in [4.69, 9.17) is 18.3 Å². The van der Waals surface area contributed by atoms with Gasteiger partial charge in [-0.1, -0.05) is 59.7 Å². The van der Waals surface area contributed by atoms with Gasteiger partial charge in [-0.3, -0.25) is 19.5 Å². The Morgan fingerprint density at radius 1 is 1.02 bits per heavy atom. The smallest absolute Gasteiger partial charge is 0.351 e. The second-order valence-corrected chi connectivity index (χ2v) is 23.8. The summed E-state index contributed by atoms with van der Waals surface area (Å²) in [7, 11) is -4.68. The van der Waals surface area contributed by atoms with Gasteiger partial charge in [0.05, 0.1) is 6.61 Å². The Morgan fingerprint density at radius 2 is 1.64 bits per heavy atom. The van der Waals surface area contributed by atoms with Crippen LogP contribution in [0.4, 0.5) is 5.82 Å². The molecule has 2 heterocycles. The second-order valence-electron chi connectivity index (χ2n) is 14.2. The minimum atomic E-state index is -2.47. The fourth-order valence-electron chi connectivity index (χ4n) is 4.13. The Bertz CT molecular complexity index is 1360. The number of ether oxygens (including phenoxy) is 2. The van der Waals surface area contributed by atoms with Crippen molar-refractivity contribution in [1.29, 1.82) is 0 Å². The Labute approximate surface area is 261 Å². The third kappa shape index (κ3) is 8.70. The lowest BCUT2D eigenvalue weighted by atomic mass is 10.1. The van der Waals surface area contributed by atoms with Gasteiger partial charge < -0.3 is 23.6 Å². The molecule has 1 amide bonds. The molecular formula is C30H48N4O8Si2. The van der Waals surface area contributed by atoms with E-state index in [9.17, 15) is 19.7 Å². The van der Waals surface area contributed by atoms with Crippen LogP contribution in [0.25, 0.3) is 0 Å². The molecule has 1 N–H and O–H groups in total. The molecule has 0 radical (unpaired) electrons. The molecule has 12 nitrogen and oxygen atoms in total. The van der Waals surface area contributed by atoms with E-state index in [2.05, 4.69) is 78.0 Å². The van der Waals surface area contributed by atoms with Crippen molar-refractivity contribution in [2.24, 2.45) is 0 Å². The van der Waals surface area contributed by atoms with Crippen molar-refractivity contribution in [3.8, 4) is 0 Å². The van der Waals surface area contributed by atoms with E-state index in [1.807, 2.05) is 0 Å². The van der Waals surface area contributed by atoms with Crippen LogP contribution in [-0.2, 0) is 18.3 Å². The first-order valence-electron chi connectivity index (χ1n) is 14.9. The molecule has 0 saturated carbocycles. The first kappa shape index (κ1) is 35.7. The molecule has 44 heavy (non-hydrogen) atoms. The Hall–Kier alpha value is -2.76. The molecule has 2 aromatic rings. The molecule has 0 aliphatic carbocycles. The number of nitrogens with one attached hydrogen (secondary N) is 1. The summed E-state index contributed by atoms with van der Waals surface area (Å²) in [5, 5.41) is 13.6. The summed E-state index contributed by atoms with van der Waals surface area (Å²) in [6.45, 7) is 20.8. The summed E-state index contributed by atoms with van der Waals surface area (Å²) in [5.74, 6) is -0.301. The van der Waals surface area contributed by atoms with E-state index in [0.29, 0.717) is 5.56 Å². The molecule has 1 aliphatic rings. The maximum absolute atomic E-state index is 13.4. The molecule has 1 aliphatic heterocycles. The fourth-order valence-corrected chi connectivity index (χ4v) is 6.43. The summed E-state index contributed by atoms with van der Waals surface area (Å²) in [4.78, 5) is 40.9. The van der Waals surface area contributed by atoms with Crippen molar-refractivity contribution in [3.05, 3.63) is 68.8 Å². The summed E-state index contributed by atoms with van der Waals surface area (Å²) < 4.78 is 27.3. The van der Waals surface area contributed by atoms with Crippen LogP contribution in [0.5, 0.6) is 0 Å². The van der Waals surface area contributed by atoms with E-state index in [1.54, 1.807) is 30.3 Å². The quantitative estimate of drug-likeness (QED) is 0.180. The molecule has 14 heteroatoms. The van der Waals surface area contributed by atoms with Crippen LogP contribution in [0.2, 0.25) is 36.3 Å². The SMILES string of the molecule is CC(C)(C)[Si](C)(C)OC[C@H]1O[C@@H](n2ccc(NC(=O)c3ccccc3)nc2=O)[C@H](O[Si](C)(C)C(C)(C)C)[C@@H]1OCC[N+](=O)[O-]. The molecule has 1 aromatic heterocycles. The lowest BCUT2D eigenvalue weighted by Gasteiger charge is -2.40. The largest absolute Gasteiger partial charge is 0.414 e. The van der Waals surface area contributed by atoms with E-state index in [-0.39, 0.29) is 35.7 Å². The van der Waals surface area contributed by atoms with Gasteiger partial charge in [-0.05, 0) is 54.5 Å². The number of hydrogen-bond donors (Lipinski definition) is 1. The highest BCUT2D eigenvalue weighted by atomic mass is 28.4. The number of carbonyl (C=O) groups is 1. The van der Waals surface area contributed by atoms with Crippen molar-refractivity contribution in [2.45, 2.75) is 102 Å². The molecule has 1 aromatic carbocycles. The second kappa shape index (κ2) is 13.7. The number of nitro groups is 1. The predicted molar refractivity (Wildman–Crippen MR) is 174 cm³/mol. The van der Waals surface area contributed by atoms with Crippen LogP contribution in [0.3, 0.4) is 0 Å². The summed E-state index contributed by atoms with van der Waals surface area (Å²) in [6, 6.07) is 10.1. The summed E-state index contributed by atoms with van der Waals surface area (Å²) in [5.41, 5.74) is -0.223. The van der Waals surface area contributed by atoms with Gasteiger partial charge in [0, 0.05) is 16.7 Å².